The minimum atomic E-state index is 0.233. The SMILES string of the molecule is Cc1ccc(CCCCNC(C)(C)C)c2ccccc12. The van der Waals surface area contributed by atoms with Gasteiger partial charge in [0.05, 0.1) is 0 Å². The monoisotopic (exact) mass is 269 g/mol. The highest BCUT2D eigenvalue weighted by atomic mass is 14.9. The zero-order valence-corrected chi connectivity index (χ0v) is 13.3. The summed E-state index contributed by atoms with van der Waals surface area (Å²) in [5.74, 6) is 0. The molecule has 108 valence electrons. The first kappa shape index (κ1) is 15.1. The van der Waals surface area contributed by atoms with Gasteiger partial charge in [-0.15, -0.1) is 0 Å². The van der Waals surface area contributed by atoms with Crippen molar-refractivity contribution in [3.05, 3.63) is 47.5 Å². The average Bonchev–Trinajstić information content (AvgIpc) is 2.40. The third-order valence-electron chi connectivity index (χ3n) is 3.76. The van der Waals surface area contributed by atoms with Crippen LogP contribution in [0.1, 0.15) is 44.7 Å². The highest BCUT2D eigenvalue weighted by molar-refractivity contribution is 5.88. The topological polar surface area (TPSA) is 12.0 Å². The van der Waals surface area contributed by atoms with Crippen molar-refractivity contribution >= 4 is 10.8 Å². The summed E-state index contributed by atoms with van der Waals surface area (Å²) in [4.78, 5) is 0. The van der Waals surface area contributed by atoms with Gasteiger partial charge in [-0.3, -0.25) is 0 Å². The quantitative estimate of drug-likeness (QED) is 0.764. The van der Waals surface area contributed by atoms with Crippen LogP contribution >= 0.6 is 0 Å². The summed E-state index contributed by atoms with van der Waals surface area (Å²) in [7, 11) is 0. The molecule has 0 saturated heterocycles. The number of fused-ring (bicyclic) bond motifs is 1. The Morgan fingerprint density at radius 2 is 1.60 bits per heavy atom. The minimum Gasteiger partial charge on any atom is -0.312 e. The summed E-state index contributed by atoms with van der Waals surface area (Å²) in [6.07, 6.45) is 3.65. The number of nitrogens with one attached hydrogen (secondary N) is 1. The molecule has 0 amide bonds. The normalized spacial score (nSPS) is 12.0. The van der Waals surface area contributed by atoms with Crippen molar-refractivity contribution in [3.8, 4) is 0 Å². The lowest BCUT2D eigenvalue weighted by Crippen LogP contribution is -2.36. The number of benzene rings is 2. The summed E-state index contributed by atoms with van der Waals surface area (Å²) < 4.78 is 0. The van der Waals surface area contributed by atoms with Gasteiger partial charge < -0.3 is 5.32 Å². The highest BCUT2D eigenvalue weighted by Crippen LogP contribution is 2.23. The van der Waals surface area contributed by atoms with Crippen LogP contribution in [-0.2, 0) is 6.42 Å². The van der Waals surface area contributed by atoms with E-state index < -0.39 is 0 Å². The van der Waals surface area contributed by atoms with Crippen LogP contribution in [0.25, 0.3) is 10.8 Å². The molecule has 2 aromatic carbocycles. The maximum Gasteiger partial charge on any atom is 0.00965 e. The second-order valence-electron chi connectivity index (χ2n) is 6.72. The maximum absolute atomic E-state index is 3.55. The third-order valence-corrected chi connectivity index (χ3v) is 3.76. The molecule has 0 bridgehead atoms. The van der Waals surface area contributed by atoms with Crippen LogP contribution < -0.4 is 5.32 Å². The van der Waals surface area contributed by atoms with Crippen molar-refractivity contribution in [2.75, 3.05) is 6.54 Å². The standard InChI is InChI=1S/C19H27N/c1-15-12-13-16(18-11-6-5-10-17(15)18)9-7-8-14-20-19(2,3)4/h5-6,10-13,20H,7-9,14H2,1-4H3. The lowest BCUT2D eigenvalue weighted by molar-refractivity contribution is 0.419. The van der Waals surface area contributed by atoms with Gasteiger partial charge in [-0.05, 0) is 75.4 Å². The Hall–Kier alpha value is -1.34. The van der Waals surface area contributed by atoms with Crippen LogP contribution in [0.5, 0.6) is 0 Å². The molecule has 0 aliphatic rings. The van der Waals surface area contributed by atoms with Gasteiger partial charge in [0.2, 0.25) is 0 Å². The lowest BCUT2D eigenvalue weighted by atomic mass is 9.97. The van der Waals surface area contributed by atoms with Crippen LogP contribution in [0, 0.1) is 6.92 Å². The maximum atomic E-state index is 3.55. The predicted octanol–water partition coefficient (Wildman–Crippen LogP) is 4.86. The Morgan fingerprint density at radius 1 is 0.900 bits per heavy atom. The summed E-state index contributed by atoms with van der Waals surface area (Å²) in [6.45, 7) is 9.97. The molecule has 0 aliphatic heterocycles. The minimum absolute atomic E-state index is 0.233. The van der Waals surface area contributed by atoms with Crippen LogP contribution in [0.15, 0.2) is 36.4 Å². The van der Waals surface area contributed by atoms with E-state index in [4.69, 9.17) is 0 Å². The molecule has 0 saturated carbocycles. The molecule has 0 unspecified atom stereocenters. The van der Waals surface area contributed by atoms with E-state index in [0.29, 0.717) is 0 Å². The van der Waals surface area contributed by atoms with Crippen molar-refractivity contribution < 1.29 is 0 Å². The zero-order valence-electron chi connectivity index (χ0n) is 13.3. The Balaban J connectivity index is 1.95. The molecular weight excluding hydrogens is 242 g/mol. The molecule has 1 N–H and O–H groups in total. The fraction of sp³-hybridized carbons (Fsp3) is 0.474. The molecule has 0 heterocycles. The van der Waals surface area contributed by atoms with Crippen LogP contribution in [-0.4, -0.2) is 12.1 Å². The third kappa shape index (κ3) is 4.08. The van der Waals surface area contributed by atoms with E-state index in [1.807, 2.05) is 0 Å². The number of hydrogen-bond acceptors (Lipinski definition) is 1. The summed E-state index contributed by atoms with van der Waals surface area (Å²) >= 11 is 0. The Morgan fingerprint density at radius 3 is 2.30 bits per heavy atom. The smallest absolute Gasteiger partial charge is 0.00965 e. The van der Waals surface area contributed by atoms with E-state index in [1.54, 1.807) is 0 Å². The molecule has 0 spiro atoms. The number of aryl methyl sites for hydroxylation is 2. The molecule has 2 aromatic rings. The number of unbranched alkanes of at least 4 members (excludes halogenated alkanes) is 1. The summed E-state index contributed by atoms with van der Waals surface area (Å²) in [6, 6.07) is 13.3. The molecule has 0 aromatic heterocycles. The summed E-state index contributed by atoms with van der Waals surface area (Å²) in [5, 5.41) is 6.38. The van der Waals surface area contributed by atoms with Crippen molar-refractivity contribution in [2.24, 2.45) is 0 Å². The van der Waals surface area contributed by atoms with E-state index in [9.17, 15) is 0 Å². The first-order valence-electron chi connectivity index (χ1n) is 7.70. The summed E-state index contributed by atoms with van der Waals surface area (Å²) in [5.41, 5.74) is 3.09. The van der Waals surface area contributed by atoms with Crippen molar-refractivity contribution in [1.82, 2.24) is 5.32 Å². The molecule has 20 heavy (non-hydrogen) atoms. The predicted molar refractivity (Wildman–Crippen MR) is 89.4 cm³/mol. The molecule has 0 fully saturated rings. The second kappa shape index (κ2) is 6.41. The average molecular weight is 269 g/mol. The van der Waals surface area contributed by atoms with E-state index in [1.165, 1.54) is 41.2 Å². The molecule has 0 aliphatic carbocycles. The Labute approximate surface area is 123 Å². The molecule has 2 rings (SSSR count). The number of rotatable bonds is 5. The van der Waals surface area contributed by atoms with Crippen LogP contribution in [0.3, 0.4) is 0 Å². The highest BCUT2D eigenvalue weighted by Gasteiger charge is 2.07. The van der Waals surface area contributed by atoms with Crippen molar-refractivity contribution in [3.63, 3.8) is 0 Å². The van der Waals surface area contributed by atoms with Crippen LogP contribution in [0.2, 0.25) is 0 Å². The molecular formula is C19H27N. The molecule has 0 atom stereocenters. The van der Waals surface area contributed by atoms with Gasteiger partial charge in [-0.1, -0.05) is 36.4 Å². The van der Waals surface area contributed by atoms with Gasteiger partial charge in [0.1, 0.15) is 0 Å². The van der Waals surface area contributed by atoms with E-state index in [2.05, 4.69) is 69.4 Å². The Bertz CT molecular complexity index is 563. The van der Waals surface area contributed by atoms with Crippen molar-refractivity contribution in [2.45, 2.75) is 52.5 Å². The number of hydrogen-bond donors (Lipinski definition) is 1. The van der Waals surface area contributed by atoms with Gasteiger partial charge in [0.15, 0.2) is 0 Å². The fourth-order valence-electron chi connectivity index (χ4n) is 2.63. The zero-order chi connectivity index (χ0) is 14.6. The lowest BCUT2D eigenvalue weighted by Gasteiger charge is -2.20. The first-order valence-corrected chi connectivity index (χ1v) is 7.70. The van der Waals surface area contributed by atoms with Crippen LogP contribution in [0.4, 0.5) is 0 Å². The Kier molecular flexibility index (Phi) is 4.82. The molecule has 1 heteroatoms. The second-order valence-corrected chi connectivity index (χ2v) is 6.72. The fourth-order valence-corrected chi connectivity index (χ4v) is 2.63. The van der Waals surface area contributed by atoms with Gasteiger partial charge in [-0.2, -0.15) is 0 Å². The van der Waals surface area contributed by atoms with Gasteiger partial charge in [-0.25, -0.2) is 0 Å². The largest absolute Gasteiger partial charge is 0.312 e. The first-order chi connectivity index (χ1) is 9.47. The van der Waals surface area contributed by atoms with E-state index in [-0.39, 0.29) is 5.54 Å². The van der Waals surface area contributed by atoms with Gasteiger partial charge >= 0.3 is 0 Å². The van der Waals surface area contributed by atoms with E-state index >= 15 is 0 Å². The van der Waals surface area contributed by atoms with E-state index in [0.717, 1.165) is 6.54 Å². The molecule has 1 nitrogen and oxygen atoms in total. The van der Waals surface area contributed by atoms with Gasteiger partial charge in [0.25, 0.3) is 0 Å². The molecule has 0 radical (unpaired) electrons. The van der Waals surface area contributed by atoms with Crippen molar-refractivity contribution in [1.29, 1.82) is 0 Å². The van der Waals surface area contributed by atoms with Gasteiger partial charge in [0, 0.05) is 5.54 Å².